The third kappa shape index (κ3) is 3.68. The van der Waals surface area contributed by atoms with Gasteiger partial charge in [0.15, 0.2) is 0 Å². The Labute approximate surface area is 128 Å². The first-order valence-corrected chi connectivity index (χ1v) is 8.45. The van der Waals surface area contributed by atoms with E-state index in [2.05, 4.69) is 28.1 Å². The van der Waals surface area contributed by atoms with Crippen molar-refractivity contribution in [1.29, 1.82) is 0 Å². The summed E-state index contributed by atoms with van der Waals surface area (Å²) in [5.74, 6) is 2.13. The molecule has 1 aliphatic carbocycles. The summed E-state index contributed by atoms with van der Waals surface area (Å²) in [6.45, 7) is 8.82. The molecule has 4 nitrogen and oxygen atoms in total. The molecule has 0 atom stereocenters. The van der Waals surface area contributed by atoms with Crippen LogP contribution >= 0.6 is 0 Å². The van der Waals surface area contributed by atoms with Crippen LogP contribution in [0.25, 0.3) is 0 Å². The molecule has 2 fully saturated rings. The van der Waals surface area contributed by atoms with Crippen LogP contribution in [0.3, 0.4) is 0 Å². The predicted molar refractivity (Wildman–Crippen MR) is 85.3 cm³/mol. The highest BCUT2D eigenvalue weighted by Crippen LogP contribution is 2.25. The van der Waals surface area contributed by atoms with E-state index in [0.717, 1.165) is 30.7 Å². The Morgan fingerprint density at radius 1 is 1.19 bits per heavy atom. The van der Waals surface area contributed by atoms with E-state index in [1.165, 1.54) is 57.4 Å². The summed E-state index contributed by atoms with van der Waals surface area (Å²) in [4.78, 5) is 5.30. The molecular weight excluding hydrogens is 262 g/mol. The fraction of sp³-hybridized carbons (Fsp3) is 0.765. The van der Waals surface area contributed by atoms with Crippen molar-refractivity contribution in [3.8, 4) is 0 Å². The molecule has 0 aromatic carbocycles. The lowest BCUT2D eigenvalue weighted by Crippen LogP contribution is -2.49. The molecule has 0 spiro atoms. The van der Waals surface area contributed by atoms with Crippen molar-refractivity contribution in [3.05, 3.63) is 23.2 Å². The molecule has 0 radical (unpaired) electrons. The number of rotatable bonds is 5. The molecule has 21 heavy (non-hydrogen) atoms. The quantitative estimate of drug-likeness (QED) is 0.902. The van der Waals surface area contributed by atoms with Gasteiger partial charge in [-0.15, -0.1) is 0 Å². The van der Waals surface area contributed by atoms with Crippen molar-refractivity contribution < 1.29 is 4.42 Å². The van der Waals surface area contributed by atoms with Gasteiger partial charge in [0.2, 0.25) is 0 Å². The average Bonchev–Trinajstić information content (AvgIpc) is 3.11. The second-order valence-electron chi connectivity index (χ2n) is 6.57. The first kappa shape index (κ1) is 15.1. The standard InChI is InChI=1S/C17H29N3O/c1-14-15(11-17(21-14)12-18-2)13-19-7-9-20(10-8-19)16-5-3-4-6-16/h11,16,18H,3-10,12-13H2,1-2H3. The van der Waals surface area contributed by atoms with E-state index in [9.17, 15) is 0 Å². The number of nitrogens with zero attached hydrogens (tertiary/aromatic N) is 2. The molecule has 118 valence electrons. The monoisotopic (exact) mass is 291 g/mol. The fourth-order valence-corrected chi connectivity index (χ4v) is 3.80. The van der Waals surface area contributed by atoms with Crippen molar-refractivity contribution >= 4 is 0 Å². The van der Waals surface area contributed by atoms with Crippen LogP contribution in [0.1, 0.15) is 42.8 Å². The maximum absolute atomic E-state index is 5.80. The number of hydrogen-bond acceptors (Lipinski definition) is 4. The predicted octanol–water partition coefficient (Wildman–Crippen LogP) is 2.37. The summed E-state index contributed by atoms with van der Waals surface area (Å²) in [5, 5.41) is 3.15. The summed E-state index contributed by atoms with van der Waals surface area (Å²) in [5.41, 5.74) is 1.36. The van der Waals surface area contributed by atoms with Gasteiger partial charge in [-0.1, -0.05) is 12.8 Å². The third-order valence-corrected chi connectivity index (χ3v) is 5.06. The van der Waals surface area contributed by atoms with Gasteiger partial charge in [-0.2, -0.15) is 0 Å². The smallest absolute Gasteiger partial charge is 0.118 e. The molecule has 2 aliphatic rings. The zero-order chi connectivity index (χ0) is 14.7. The topological polar surface area (TPSA) is 31.6 Å². The van der Waals surface area contributed by atoms with E-state index in [0.29, 0.717) is 0 Å². The lowest BCUT2D eigenvalue weighted by molar-refractivity contribution is 0.0934. The van der Waals surface area contributed by atoms with Gasteiger partial charge in [0, 0.05) is 44.3 Å². The van der Waals surface area contributed by atoms with Gasteiger partial charge < -0.3 is 9.73 Å². The molecule has 2 heterocycles. The molecular formula is C17H29N3O. The number of hydrogen-bond donors (Lipinski definition) is 1. The minimum Gasteiger partial charge on any atom is -0.465 e. The van der Waals surface area contributed by atoms with Crippen molar-refractivity contribution in [2.24, 2.45) is 0 Å². The molecule has 1 aromatic heterocycles. The minimum absolute atomic E-state index is 0.816. The normalized spacial score (nSPS) is 22.2. The Morgan fingerprint density at radius 2 is 1.90 bits per heavy atom. The van der Waals surface area contributed by atoms with Gasteiger partial charge in [0.05, 0.1) is 6.54 Å². The molecule has 4 heteroatoms. The first-order chi connectivity index (χ1) is 10.3. The summed E-state index contributed by atoms with van der Waals surface area (Å²) in [6, 6.07) is 3.10. The second kappa shape index (κ2) is 6.95. The highest BCUT2D eigenvalue weighted by molar-refractivity contribution is 5.20. The zero-order valence-corrected chi connectivity index (χ0v) is 13.5. The summed E-state index contributed by atoms with van der Waals surface area (Å²) >= 11 is 0. The molecule has 1 aromatic rings. The Hall–Kier alpha value is -0.840. The molecule has 1 saturated heterocycles. The number of piperazine rings is 1. The van der Waals surface area contributed by atoms with Crippen molar-refractivity contribution in [1.82, 2.24) is 15.1 Å². The largest absolute Gasteiger partial charge is 0.465 e. The lowest BCUT2D eigenvalue weighted by atomic mass is 10.1. The SMILES string of the molecule is CNCc1cc(CN2CCN(C3CCCC3)CC2)c(C)o1. The number of aryl methyl sites for hydroxylation is 1. The molecule has 3 rings (SSSR count). The third-order valence-electron chi connectivity index (χ3n) is 5.06. The van der Waals surface area contributed by atoms with Gasteiger partial charge in [-0.3, -0.25) is 9.80 Å². The molecule has 1 N–H and O–H groups in total. The van der Waals surface area contributed by atoms with Crippen LogP contribution in [-0.2, 0) is 13.1 Å². The zero-order valence-electron chi connectivity index (χ0n) is 13.5. The van der Waals surface area contributed by atoms with Gasteiger partial charge in [0.1, 0.15) is 11.5 Å². The van der Waals surface area contributed by atoms with E-state index in [4.69, 9.17) is 4.42 Å². The number of furan rings is 1. The molecule has 1 aliphatic heterocycles. The van der Waals surface area contributed by atoms with Crippen molar-refractivity contribution in [2.45, 2.75) is 51.7 Å². The van der Waals surface area contributed by atoms with Crippen LogP contribution in [0.15, 0.2) is 10.5 Å². The van der Waals surface area contributed by atoms with Gasteiger partial charge in [-0.25, -0.2) is 0 Å². The highest BCUT2D eigenvalue weighted by atomic mass is 16.3. The van der Waals surface area contributed by atoms with E-state index in [-0.39, 0.29) is 0 Å². The van der Waals surface area contributed by atoms with Gasteiger partial charge >= 0.3 is 0 Å². The van der Waals surface area contributed by atoms with E-state index < -0.39 is 0 Å². The summed E-state index contributed by atoms with van der Waals surface area (Å²) < 4.78 is 5.80. The maximum Gasteiger partial charge on any atom is 0.118 e. The van der Waals surface area contributed by atoms with Crippen LogP contribution in [0.4, 0.5) is 0 Å². The van der Waals surface area contributed by atoms with Crippen LogP contribution in [-0.4, -0.2) is 49.1 Å². The first-order valence-electron chi connectivity index (χ1n) is 8.45. The molecule has 1 saturated carbocycles. The molecule has 0 unspecified atom stereocenters. The Morgan fingerprint density at radius 3 is 2.57 bits per heavy atom. The minimum atomic E-state index is 0.816. The fourth-order valence-electron chi connectivity index (χ4n) is 3.80. The van der Waals surface area contributed by atoms with E-state index in [1.807, 2.05) is 7.05 Å². The van der Waals surface area contributed by atoms with E-state index in [1.54, 1.807) is 0 Å². The summed E-state index contributed by atoms with van der Waals surface area (Å²) in [7, 11) is 1.96. The lowest BCUT2D eigenvalue weighted by Gasteiger charge is -2.38. The van der Waals surface area contributed by atoms with Crippen LogP contribution < -0.4 is 5.32 Å². The van der Waals surface area contributed by atoms with Crippen molar-refractivity contribution in [3.63, 3.8) is 0 Å². The van der Waals surface area contributed by atoms with Crippen LogP contribution in [0.5, 0.6) is 0 Å². The van der Waals surface area contributed by atoms with Crippen molar-refractivity contribution in [2.75, 3.05) is 33.2 Å². The van der Waals surface area contributed by atoms with Gasteiger partial charge in [-0.05, 0) is 32.9 Å². The summed E-state index contributed by atoms with van der Waals surface area (Å²) in [6.07, 6.45) is 5.73. The van der Waals surface area contributed by atoms with E-state index >= 15 is 0 Å². The Bertz CT molecular complexity index is 443. The average molecular weight is 291 g/mol. The Balaban J connectivity index is 1.50. The number of nitrogens with one attached hydrogen (secondary N) is 1. The molecule has 0 amide bonds. The van der Waals surface area contributed by atoms with Gasteiger partial charge in [0.25, 0.3) is 0 Å². The second-order valence-corrected chi connectivity index (χ2v) is 6.57. The highest BCUT2D eigenvalue weighted by Gasteiger charge is 2.26. The van der Waals surface area contributed by atoms with Crippen LogP contribution in [0.2, 0.25) is 0 Å². The maximum atomic E-state index is 5.80. The molecule has 0 bridgehead atoms. The Kier molecular flexibility index (Phi) is 4.99. The van der Waals surface area contributed by atoms with Crippen LogP contribution in [0, 0.1) is 6.92 Å².